The van der Waals surface area contributed by atoms with E-state index in [4.69, 9.17) is 4.42 Å². The highest BCUT2D eigenvalue weighted by Crippen LogP contribution is 2.27. The highest BCUT2D eigenvalue weighted by Gasteiger charge is 2.14. The Morgan fingerprint density at radius 2 is 2.28 bits per heavy atom. The number of furan rings is 1. The highest BCUT2D eigenvalue weighted by atomic mass is 19.1. The van der Waals surface area contributed by atoms with Crippen LogP contribution in [0, 0.1) is 6.01 Å². The molecule has 0 N–H and O–H groups in total. The Hall–Kier alpha value is -2.43. The van der Waals surface area contributed by atoms with Crippen molar-refractivity contribution in [2.24, 2.45) is 7.05 Å². The molecular formula is C13H9FN2O2. The van der Waals surface area contributed by atoms with Crippen LogP contribution < -0.4 is 5.56 Å². The third-order valence-corrected chi connectivity index (χ3v) is 2.80. The molecule has 0 aliphatic rings. The Balaban J connectivity index is 2.43. The van der Waals surface area contributed by atoms with Gasteiger partial charge in [-0.2, -0.15) is 4.39 Å². The van der Waals surface area contributed by atoms with E-state index >= 15 is 0 Å². The maximum atomic E-state index is 13.2. The molecule has 0 aliphatic heterocycles. The van der Waals surface area contributed by atoms with E-state index in [1.807, 2.05) is 6.07 Å². The first-order valence-corrected chi connectivity index (χ1v) is 5.36. The van der Waals surface area contributed by atoms with Crippen LogP contribution in [0.25, 0.3) is 22.1 Å². The topological polar surface area (TPSA) is 48.0 Å². The minimum atomic E-state index is -0.765. The van der Waals surface area contributed by atoms with E-state index in [-0.39, 0.29) is 11.1 Å². The van der Waals surface area contributed by atoms with Crippen molar-refractivity contribution in [3.63, 3.8) is 0 Å². The summed E-state index contributed by atoms with van der Waals surface area (Å²) in [5.41, 5.74) is 1.18. The summed E-state index contributed by atoms with van der Waals surface area (Å²) in [6.45, 7) is 0. The summed E-state index contributed by atoms with van der Waals surface area (Å²) < 4.78 is 19.4. The van der Waals surface area contributed by atoms with Gasteiger partial charge in [0.1, 0.15) is 0 Å². The van der Waals surface area contributed by atoms with E-state index in [9.17, 15) is 9.18 Å². The second-order valence-corrected chi connectivity index (χ2v) is 3.99. The molecular weight excluding hydrogens is 235 g/mol. The van der Waals surface area contributed by atoms with Crippen molar-refractivity contribution in [1.82, 2.24) is 9.55 Å². The fourth-order valence-corrected chi connectivity index (χ4v) is 1.95. The minimum Gasteiger partial charge on any atom is -0.425 e. The molecule has 3 rings (SSSR count). The zero-order valence-corrected chi connectivity index (χ0v) is 9.55. The molecule has 90 valence electrons. The lowest BCUT2D eigenvalue weighted by Crippen LogP contribution is -2.15. The molecule has 4 nitrogen and oxygen atoms in total. The number of nitrogens with zero attached hydrogens (tertiary/aromatic N) is 2. The Labute approximate surface area is 101 Å². The van der Waals surface area contributed by atoms with Crippen LogP contribution in [-0.4, -0.2) is 9.55 Å². The average molecular weight is 244 g/mol. The van der Waals surface area contributed by atoms with Crippen molar-refractivity contribution in [3.05, 3.63) is 53.2 Å². The maximum Gasteiger partial charge on any atom is 0.294 e. The van der Waals surface area contributed by atoms with E-state index < -0.39 is 6.01 Å². The van der Waals surface area contributed by atoms with Gasteiger partial charge in [-0.15, -0.1) is 0 Å². The highest BCUT2D eigenvalue weighted by molar-refractivity contribution is 5.92. The molecule has 0 amide bonds. The first-order chi connectivity index (χ1) is 8.66. The lowest BCUT2D eigenvalue weighted by molar-refractivity contribution is 0.379. The van der Waals surface area contributed by atoms with Crippen molar-refractivity contribution >= 4 is 11.0 Å². The van der Waals surface area contributed by atoms with E-state index in [1.54, 1.807) is 31.7 Å². The molecule has 0 unspecified atom stereocenters. The molecule has 0 bridgehead atoms. The standard InChI is InChI=1S/C13H9FN2O2/c1-16-7-10(8-3-2-4-15-6-8)9-5-11(14)18-12(9)13(16)17/h2-7H,1H3. The van der Waals surface area contributed by atoms with Gasteiger partial charge in [0.25, 0.3) is 11.6 Å². The molecule has 18 heavy (non-hydrogen) atoms. The van der Waals surface area contributed by atoms with Gasteiger partial charge >= 0.3 is 0 Å². The molecule has 0 fully saturated rings. The summed E-state index contributed by atoms with van der Waals surface area (Å²) in [5.74, 6) is 0. The Morgan fingerprint density at radius 1 is 1.44 bits per heavy atom. The average Bonchev–Trinajstić information content (AvgIpc) is 2.77. The number of hydrogen-bond donors (Lipinski definition) is 0. The maximum absolute atomic E-state index is 13.2. The van der Waals surface area contributed by atoms with Gasteiger partial charge in [-0.05, 0) is 6.07 Å². The normalized spacial score (nSPS) is 11.0. The van der Waals surface area contributed by atoms with Gasteiger partial charge in [0, 0.05) is 48.2 Å². The minimum absolute atomic E-state index is 0.0244. The van der Waals surface area contributed by atoms with Gasteiger partial charge in [-0.25, -0.2) is 0 Å². The molecule has 5 heteroatoms. The predicted molar refractivity (Wildman–Crippen MR) is 64.6 cm³/mol. The van der Waals surface area contributed by atoms with Crippen molar-refractivity contribution in [2.75, 3.05) is 0 Å². The summed E-state index contributed by atoms with van der Waals surface area (Å²) in [6.07, 6.45) is 4.96. The number of rotatable bonds is 1. The molecule has 3 aromatic rings. The summed E-state index contributed by atoms with van der Waals surface area (Å²) in [7, 11) is 1.60. The van der Waals surface area contributed by atoms with E-state index in [0.717, 1.165) is 5.56 Å². The van der Waals surface area contributed by atoms with Crippen LogP contribution in [0.3, 0.4) is 0 Å². The van der Waals surface area contributed by atoms with Crippen molar-refractivity contribution in [1.29, 1.82) is 0 Å². The van der Waals surface area contributed by atoms with Crippen LogP contribution in [0.1, 0.15) is 0 Å². The molecule has 0 atom stereocenters. The first-order valence-electron chi connectivity index (χ1n) is 5.36. The fourth-order valence-electron chi connectivity index (χ4n) is 1.95. The SMILES string of the molecule is Cn1cc(-c2cccnc2)c2cc(F)oc2c1=O. The van der Waals surface area contributed by atoms with Crippen molar-refractivity contribution in [2.45, 2.75) is 0 Å². The van der Waals surface area contributed by atoms with Gasteiger partial charge in [0.15, 0.2) is 0 Å². The molecule has 0 aromatic carbocycles. The van der Waals surface area contributed by atoms with Gasteiger partial charge in [0.2, 0.25) is 5.58 Å². The fraction of sp³-hybridized carbons (Fsp3) is 0.0769. The quantitative estimate of drug-likeness (QED) is 0.660. The van der Waals surface area contributed by atoms with Crippen LogP contribution in [0.15, 0.2) is 46.0 Å². The van der Waals surface area contributed by atoms with Gasteiger partial charge in [0.05, 0.1) is 0 Å². The second kappa shape index (κ2) is 3.80. The van der Waals surface area contributed by atoms with E-state index in [0.29, 0.717) is 10.9 Å². The predicted octanol–water partition coefficient (Wildman–Crippen LogP) is 2.33. The van der Waals surface area contributed by atoms with Crippen LogP contribution in [0.4, 0.5) is 4.39 Å². The second-order valence-electron chi connectivity index (χ2n) is 3.99. The molecule has 0 radical (unpaired) electrons. The molecule has 0 aliphatic carbocycles. The molecule has 0 spiro atoms. The summed E-state index contributed by atoms with van der Waals surface area (Å²) in [6, 6.07) is 4.08. The van der Waals surface area contributed by atoms with Crippen LogP contribution in [0.2, 0.25) is 0 Å². The number of halogens is 1. The Morgan fingerprint density at radius 3 is 3.00 bits per heavy atom. The largest absolute Gasteiger partial charge is 0.425 e. The monoisotopic (exact) mass is 244 g/mol. The van der Waals surface area contributed by atoms with Gasteiger partial charge in [-0.3, -0.25) is 9.78 Å². The first kappa shape index (κ1) is 10.7. The molecule has 0 saturated heterocycles. The Kier molecular flexibility index (Phi) is 2.26. The zero-order valence-electron chi connectivity index (χ0n) is 9.55. The smallest absolute Gasteiger partial charge is 0.294 e. The van der Waals surface area contributed by atoms with E-state index in [1.165, 1.54) is 10.6 Å². The zero-order chi connectivity index (χ0) is 12.7. The lowest BCUT2D eigenvalue weighted by Gasteiger charge is -2.04. The molecule has 3 heterocycles. The van der Waals surface area contributed by atoms with Crippen LogP contribution >= 0.6 is 0 Å². The number of pyridine rings is 2. The molecule has 0 saturated carbocycles. The van der Waals surface area contributed by atoms with Crippen molar-refractivity contribution < 1.29 is 8.81 Å². The third-order valence-electron chi connectivity index (χ3n) is 2.80. The van der Waals surface area contributed by atoms with Crippen LogP contribution in [0.5, 0.6) is 0 Å². The summed E-state index contributed by atoms with van der Waals surface area (Å²) >= 11 is 0. The number of fused-ring (bicyclic) bond motifs is 1. The van der Waals surface area contributed by atoms with Crippen molar-refractivity contribution in [3.8, 4) is 11.1 Å². The number of hydrogen-bond acceptors (Lipinski definition) is 3. The van der Waals surface area contributed by atoms with Gasteiger partial charge < -0.3 is 8.98 Å². The van der Waals surface area contributed by atoms with E-state index in [2.05, 4.69) is 4.98 Å². The third kappa shape index (κ3) is 1.52. The summed E-state index contributed by atoms with van der Waals surface area (Å²) in [4.78, 5) is 15.8. The number of aryl methyl sites for hydroxylation is 1. The Bertz CT molecular complexity index is 775. The molecule has 3 aromatic heterocycles. The van der Waals surface area contributed by atoms with Gasteiger partial charge in [-0.1, -0.05) is 6.07 Å². The lowest BCUT2D eigenvalue weighted by atomic mass is 10.1. The van der Waals surface area contributed by atoms with Crippen LogP contribution in [-0.2, 0) is 7.05 Å². The number of aromatic nitrogens is 2. The summed E-state index contributed by atoms with van der Waals surface area (Å²) in [5, 5.41) is 0.462.